The van der Waals surface area contributed by atoms with Crippen LogP contribution in [0.1, 0.15) is 6.92 Å². The average Bonchev–Trinajstić information content (AvgIpc) is 3.17. The summed E-state index contributed by atoms with van der Waals surface area (Å²) in [5.74, 6) is 0.766. The fourth-order valence-corrected chi connectivity index (χ4v) is 2.36. The third-order valence-corrected chi connectivity index (χ3v) is 3.77. The molecule has 1 atom stereocenters. The molecule has 1 unspecified atom stereocenters. The van der Waals surface area contributed by atoms with E-state index in [1.165, 1.54) is 19.4 Å². The third kappa shape index (κ3) is 7.13. The van der Waals surface area contributed by atoms with Crippen LogP contribution in [0.5, 0.6) is 5.75 Å². The SMILES string of the molecule is C=N/C=C\C(=NC(C)COCCNC)Nc1cc(-c2ccc(OC)cc2F)no1. The Bertz CT molecular complexity index is 850. The smallest absolute Gasteiger partial charge is 0.230 e. The Balaban J connectivity index is 2.10. The Morgan fingerprint density at radius 3 is 2.93 bits per heavy atom. The van der Waals surface area contributed by atoms with E-state index < -0.39 is 5.82 Å². The zero-order valence-corrected chi connectivity index (χ0v) is 16.8. The molecule has 1 heterocycles. The van der Waals surface area contributed by atoms with Crippen molar-refractivity contribution in [2.45, 2.75) is 13.0 Å². The van der Waals surface area contributed by atoms with Crippen molar-refractivity contribution in [3.05, 3.63) is 42.4 Å². The number of anilines is 1. The lowest BCUT2D eigenvalue weighted by Gasteiger charge is -2.10. The van der Waals surface area contributed by atoms with E-state index >= 15 is 0 Å². The van der Waals surface area contributed by atoms with Gasteiger partial charge in [-0.05, 0) is 38.9 Å². The molecule has 0 aliphatic carbocycles. The van der Waals surface area contributed by atoms with Gasteiger partial charge in [-0.25, -0.2) is 4.39 Å². The molecule has 0 aliphatic rings. The van der Waals surface area contributed by atoms with Gasteiger partial charge in [-0.3, -0.25) is 9.98 Å². The Kier molecular flexibility index (Phi) is 9.00. The van der Waals surface area contributed by atoms with Gasteiger partial charge in [-0.15, -0.1) is 0 Å². The fourth-order valence-electron chi connectivity index (χ4n) is 2.36. The highest BCUT2D eigenvalue weighted by atomic mass is 19.1. The summed E-state index contributed by atoms with van der Waals surface area (Å²) < 4.78 is 30.1. The van der Waals surface area contributed by atoms with Crippen molar-refractivity contribution in [1.82, 2.24) is 10.5 Å². The highest BCUT2D eigenvalue weighted by Crippen LogP contribution is 2.27. The summed E-state index contributed by atoms with van der Waals surface area (Å²) in [5.41, 5.74) is 0.650. The first-order valence-corrected chi connectivity index (χ1v) is 9.07. The van der Waals surface area contributed by atoms with Gasteiger partial charge in [0.25, 0.3) is 0 Å². The molecule has 1 aromatic carbocycles. The number of rotatable bonds is 11. The van der Waals surface area contributed by atoms with Crippen molar-refractivity contribution in [1.29, 1.82) is 0 Å². The molecule has 8 nitrogen and oxygen atoms in total. The summed E-state index contributed by atoms with van der Waals surface area (Å²) >= 11 is 0. The number of benzene rings is 1. The maximum absolute atomic E-state index is 14.3. The van der Waals surface area contributed by atoms with Gasteiger partial charge in [0.1, 0.15) is 23.1 Å². The van der Waals surface area contributed by atoms with Gasteiger partial charge in [0.15, 0.2) is 0 Å². The van der Waals surface area contributed by atoms with E-state index in [1.807, 2.05) is 14.0 Å². The summed E-state index contributed by atoms with van der Waals surface area (Å²) in [6.07, 6.45) is 3.15. The third-order valence-electron chi connectivity index (χ3n) is 3.77. The average molecular weight is 403 g/mol. The molecule has 0 saturated heterocycles. The molecule has 0 amide bonds. The lowest BCUT2D eigenvalue weighted by molar-refractivity contribution is 0.128. The van der Waals surface area contributed by atoms with Crippen LogP contribution in [0.2, 0.25) is 0 Å². The van der Waals surface area contributed by atoms with E-state index in [9.17, 15) is 4.39 Å². The van der Waals surface area contributed by atoms with E-state index in [4.69, 9.17) is 14.0 Å². The molecular formula is C20H26FN5O3. The molecular weight excluding hydrogens is 377 g/mol. The molecule has 0 saturated carbocycles. The molecule has 0 aliphatic heterocycles. The lowest BCUT2D eigenvalue weighted by atomic mass is 10.1. The number of nitrogens with one attached hydrogen (secondary N) is 2. The van der Waals surface area contributed by atoms with Crippen LogP contribution in [-0.4, -0.2) is 57.7 Å². The topological polar surface area (TPSA) is 93.3 Å². The van der Waals surface area contributed by atoms with Gasteiger partial charge >= 0.3 is 0 Å². The van der Waals surface area contributed by atoms with E-state index in [0.717, 1.165) is 6.54 Å². The molecule has 156 valence electrons. The largest absolute Gasteiger partial charge is 0.497 e. The van der Waals surface area contributed by atoms with Crippen LogP contribution in [0, 0.1) is 5.82 Å². The van der Waals surface area contributed by atoms with Crippen LogP contribution in [0.15, 0.2) is 51.0 Å². The number of ether oxygens (including phenoxy) is 2. The highest BCUT2D eigenvalue weighted by Gasteiger charge is 2.13. The number of likely N-dealkylation sites (N-methyl/N-ethyl adjacent to an activating group) is 1. The van der Waals surface area contributed by atoms with Crippen molar-refractivity contribution in [2.75, 3.05) is 39.2 Å². The van der Waals surface area contributed by atoms with Gasteiger partial charge in [-0.2, -0.15) is 0 Å². The second-order valence-corrected chi connectivity index (χ2v) is 6.09. The molecule has 29 heavy (non-hydrogen) atoms. The van der Waals surface area contributed by atoms with Crippen LogP contribution in [0.4, 0.5) is 10.3 Å². The van der Waals surface area contributed by atoms with Crippen LogP contribution >= 0.6 is 0 Å². The fraction of sp³-hybridized carbons (Fsp3) is 0.350. The molecule has 2 aromatic rings. The van der Waals surface area contributed by atoms with E-state index in [0.29, 0.717) is 41.9 Å². The molecule has 2 rings (SSSR count). The normalized spacial score (nSPS) is 12.9. The summed E-state index contributed by atoms with van der Waals surface area (Å²) in [7, 11) is 3.34. The number of methoxy groups -OCH3 is 1. The van der Waals surface area contributed by atoms with Gasteiger partial charge in [0.2, 0.25) is 5.88 Å². The van der Waals surface area contributed by atoms with Crippen LogP contribution in [-0.2, 0) is 4.74 Å². The van der Waals surface area contributed by atoms with Crippen LogP contribution < -0.4 is 15.4 Å². The van der Waals surface area contributed by atoms with Gasteiger partial charge in [-0.1, -0.05) is 5.16 Å². The maximum Gasteiger partial charge on any atom is 0.230 e. The van der Waals surface area contributed by atoms with Gasteiger partial charge in [0.05, 0.1) is 26.4 Å². The monoisotopic (exact) mass is 403 g/mol. The molecule has 0 spiro atoms. The standard InChI is InChI=1S/C20H26FN5O3/c1-14(13-28-10-9-23-3)24-19(7-8-22-2)25-20-12-18(26-29-20)16-6-5-15(27-4)11-17(16)21/h5-8,11-12,14,23H,2,9-10,13H2,1,3-4H3,(H,24,25)/b8-7-. The second kappa shape index (κ2) is 11.7. The first-order valence-electron chi connectivity index (χ1n) is 9.07. The summed E-state index contributed by atoms with van der Waals surface area (Å²) in [6, 6.07) is 6.00. The Hall–Kier alpha value is -3.04. The number of halogens is 1. The molecule has 9 heteroatoms. The number of aromatic nitrogens is 1. The van der Waals surface area contributed by atoms with Crippen molar-refractivity contribution < 1.29 is 18.4 Å². The zero-order valence-electron chi connectivity index (χ0n) is 16.8. The van der Waals surface area contributed by atoms with Crippen molar-refractivity contribution in [2.24, 2.45) is 9.98 Å². The number of nitrogens with zero attached hydrogens (tertiary/aromatic N) is 3. The number of hydrogen-bond donors (Lipinski definition) is 2. The van der Waals surface area contributed by atoms with E-state index in [1.54, 1.807) is 24.3 Å². The summed E-state index contributed by atoms with van der Waals surface area (Å²) in [6.45, 7) is 7.17. The lowest BCUT2D eigenvalue weighted by Crippen LogP contribution is -2.20. The molecule has 0 radical (unpaired) electrons. The maximum atomic E-state index is 14.3. The van der Waals surface area contributed by atoms with Crippen molar-refractivity contribution in [3.8, 4) is 17.0 Å². The van der Waals surface area contributed by atoms with Crippen molar-refractivity contribution >= 4 is 18.4 Å². The van der Waals surface area contributed by atoms with Gasteiger partial charge < -0.3 is 24.6 Å². The molecule has 1 aromatic heterocycles. The number of amidine groups is 1. The van der Waals surface area contributed by atoms with Gasteiger partial charge in [0, 0.05) is 30.4 Å². The Labute approximate surface area is 169 Å². The predicted molar refractivity (Wildman–Crippen MR) is 112 cm³/mol. The minimum atomic E-state index is -0.457. The first-order chi connectivity index (χ1) is 14.1. The predicted octanol–water partition coefficient (Wildman–Crippen LogP) is 3.14. The first kappa shape index (κ1) is 22.3. The second-order valence-electron chi connectivity index (χ2n) is 6.09. The van der Waals surface area contributed by atoms with Crippen LogP contribution in [0.25, 0.3) is 11.3 Å². The van der Waals surface area contributed by atoms with Crippen LogP contribution in [0.3, 0.4) is 0 Å². The molecule has 0 fully saturated rings. The highest BCUT2D eigenvalue weighted by molar-refractivity contribution is 6.03. The summed E-state index contributed by atoms with van der Waals surface area (Å²) in [5, 5.41) is 9.94. The summed E-state index contributed by atoms with van der Waals surface area (Å²) in [4.78, 5) is 8.23. The Morgan fingerprint density at radius 1 is 1.41 bits per heavy atom. The number of hydrogen-bond acceptors (Lipinski definition) is 7. The minimum absolute atomic E-state index is 0.106. The quantitative estimate of drug-likeness (QED) is 0.340. The van der Waals surface area contributed by atoms with Crippen molar-refractivity contribution in [3.63, 3.8) is 0 Å². The van der Waals surface area contributed by atoms with E-state index in [2.05, 4.69) is 32.5 Å². The number of aliphatic imine (C=N–C) groups is 2. The Morgan fingerprint density at radius 2 is 2.24 bits per heavy atom. The van der Waals surface area contributed by atoms with E-state index in [-0.39, 0.29) is 6.04 Å². The molecule has 2 N–H and O–H groups in total. The zero-order chi connectivity index (χ0) is 21.1. The molecule has 0 bridgehead atoms. The minimum Gasteiger partial charge on any atom is -0.497 e.